The van der Waals surface area contributed by atoms with Gasteiger partial charge in [-0.2, -0.15) is 5.26 Å². The standard InChI is InChI=1S/C76H48N6/c77-49-50-34-39-67(81-68-40-35-57(51-20-7-1-8-21-51)45-63(68)64-46-58(36-41-69(64)81)52-22-9-2-10-23-52)62(44-50)61-32-19-33-72(73(61)76-79-74(55-28-15-5-16-29-55)78-75(80-76)56-30-17-6-18-31-56)82-70-42-37-59(53-24-11-3-12-25-53)47-65(70)66-48-60(38-43-71(66)82)54-26-13-4-14-27-54/h1-48H. The summed E-state index contributed by atoms with van der Waals surface area (Å²) in [5.41, 5.74) is 19.7. The van der Waals surface area contributed by atoms with Crippen molar-refractivity contribution in [2.24, 2.45) is 0 Å². The largest absolute Gasteiger partial charge is 0.309 e. The van der Waals surface area contributed by atoms with Gasteiger partial charge < -0.3 is 9.13 Å². The van der Waals surface area contributed by atoms with Crippen LogP contribution in [0.5, 0.6) is 0 Å². The van der Waals surface area contributed by atoms with Gasteiger partial charge in [-0.15, -0.1) is 0 Å². The summed E-state index contributed by atoms with van der Waals surface area (Å²) in [6, 6.07) is 105. The molecule has 0 aliphatic rings. The number of rotatable bonds is 10. The number of nitrogens with zero attached hydrogens (tertiary/aromatic N) is 6. The fourth-order valence-electron chi connectivity index (χ4n) is 11.9. The summed E-state index contributed by atoms with van der Waals surface area (Å²) in [5.74, 6) is 1.58. The molecule has 0 aliphatic carbocycles. The third-order valence-electron chi connectivity index (χ3n) is 15.8. The van der Waals surface area contributed by atoms with Crippen LogP contribution in [0.15, 0.2) is 291 Å². The van der Waals surface area contributed by atoms with E-state index >= 15 is 0 Å². The molecule has 0 fully saturated rings. The lowest BCUT2D eigenvalue weighted by Crippen LogP contribution is -2.06. The van der Waals surface area contributed by atoms with Crippen LogP contribution in [-0.2, 0) is 0 Å². The lowest BCUT2D eigenvalue weighted by Gasteiger charge is -2.21. The highest BCUT2D eigenvalue weighted by Gasteiger charge is 2.26. The van der Waals surface area contributed by atoms with Gasteiger partial charge in [-0.25, -0.2) is 15.0 Å². The van der Waals surface area contributed by atoms with E-state index in [1.165, 1.54) is 0 Å². The first kappa shape index (κ1) is 47.9. The van der Waals surface area contributed by atoms with Gasteiger partial charge in [0.2, 0.25) is 0 Å². The molecule has 0 bridgehead atoms. The molecule has 15 rings (SSSR count). The summed E-state index contributed by atoms with van der Waals surface area (Å²) in [7, 11) is 0. The Labute approximate surface area is 474 Å². The summed E-state index contributed by atoms with van der Waals surface area (Å²) in [6.07, 6.45) is 0. The van der Waals surface area contributed by atoms with Gasteiger partial charge in [0.25, 0.3) is 0 Å². The van der Waals surface area contributed by atoms with E-state index in [4.69, 9.17) is 15.0 Å². The fraction of sp³-hybridized carbons (Fsp3) is 0. The molecule has 82 heavy (non-hydrogen) atoms. The molecule has 0 aliphatic heterocycles. The van der Waals surface area contributed by atoms with E-state index in [0.29, 0.717) is 23.0 Å². The molecule has 0 spiro atoms. The topological polar surface area (TPSA) is 72.3 Å². The van der Waals surface area contributed by atoms with Gasteiger partial charge in [0.05, 0.1) is 50.6 Å². The molecular weight excluding hydrogens is 997 g/mol. The van der Waals surface area contributed by atoms with Crippen LogP contribution in [0.2, 0.25) is 0 Å². The average Bonchev–Trinajstić information content (AvgIpc) is 3.78. The van der Waals surface area contributed by atoms with Crippen LogP contribution in [-0.4, -0.2) is 24.1 Å². The van der Waals surface area contributed by atoms with Crippen molar-refractivity contribution in [1.82, 2.24) is 24.1 Å². The zero-order valence-electron chi connectivity index (χ0n) is 44.4. The third-order valence-corrected chi connectivity index (χ3v) is 15.8. The van der Waals surface area contributed by atoms with Crippen molar-refractivity contribution < 1.29 is 0 Å². The first-order valence-corrected chi connectivity index (χ1v) is 27.6. The van der Waals surface area contributed by atoms with Crippen molar-refractivity contribution in [2.75, 3.05) is 0 Å². The number of nitriles is 1. The Balaban J connectivity index is 1.06. The third kappa shape index (κ3) is 8.40. The van der Waals surface area contributed by atoms with Gasteiger partial charge in [-0.3, -0.25) is 0 Å². The number of fused-ring (bicyclic) bond motifs is 6. The Hall–Kier alpha value is -11.3. The average molecular weight is 1050 g/mol. The highest BCUT2D eigenvalue weighted by molar-refractivity contribution is 6.14. The molecule has 15 aromatic rings. The normalized spacial score (nSPS) is 11.4. The zero-order chi connectivity index (χ0) is 54.5. The van der Waals surface area contributed by atoms with Gasteiger partial charge >= 0.3 is 0 Å². The maximum absolute atomic E-state index is 10.9. The molecular formula is C76H48N6. The summed E-state index contributed by atoms with van der Waals surface area (Å²) in [5, 5.41) is 15.4. The number of hydrogen-bond donors (Lipinski definition) is 0. The maximum atomic E-state index is 10.9. The van der Waals surface area contributed by atoms with Crippen LogP contribution in [0.3, 0.4) is 0 Å². The zero-order valence-corrected chi connectivity index (χ0v) is 44.4. The summed E-state index contributed by atoms with van der Waals surface area (Å²) >= 11 is 0. The minimum Gasteiger partial charge on any atom is -0.309 e. The molecule has 0 unspecified atom stereocenters. The van der Waals surface area contributed by atoms with Crippen LogP contribution >= 0.6 is 0 Å². The summed E-state index contributed by atoms with van der Waals surface area (Å²) < 4.78 is 4.75. The quantitative estimate of drug-likeness (QED) is 0.137. The van der Waals surface area contributed by atoms with Gasteiger partial charge in [-0.05, 0) is 123 Å². The smallest absolute Gasteiger partial charge is 0.166 e. The lowest BCUT2D eigenvalue weighted by atomic mass is 9.94. The van der Waals surface area contributed by atoms with E-state index in [9.17, 15) is 5.26 Å². The lowest BCUT2D eigenvalue weighted by molar-refractivity contribution is 1.06. The maximum Gasteiger partial charge on any atom is 0.166 e. The van der Waals surface area contributed by atoms with Crippen molar-refractivity contribution in [1.29, 1.82) is 5.26 Å². The molecule has 3 aromatic heterocycles. The van der Waals surface area contributed by atoms with Gasteiger partial charge in [0.1, 0.15) is 0 Å². The van der Waals surface area contributed by atoms with Gasteiger partial charge in [0.15, 0.2) is 17.5 Å². The predicted octanol–water partition coefficient (Wildman–Crippen LogP) is 19.3. The fourth-order valence-corrected chi connectivity index (χ4v) is 11.9. The van der Waals surface area contributed by atoms with Crippen LogP contribution in [0.1, 0.15) is 5.56 Å². The molecule has 3 heterocycles. The Morgan fingerprint density at radius 3 is 0.963 bits per heavy atom. The molecule has 6 nitrogen and oxygen atoms in total. The van der Waals surface area contributed by atoms with Crippen molar-refractivity contribution >= 4 is 43.6 Å². The Bertz CT molecular complexity index is 4700. The molecule has 0 atom stereocenters. The van der Waals surface area contributed by atoms with E-state index in [0.717, 1.165) is 127 Å². The van der Waals surface area contributed by atoms with Crippen molar-refractivity contribution in [3.63, 3.8) is 0 Å². The molecule has 12 aromatic carbocycles. The van der Waals surface area contributed by atoms with E-state index < -0.39 is 0 Å². The second kappa shape index (κ2) is 20.2. The van der Waals surface area contributed by atoms with E-state index in [1.54, 1.807) is 0 Å². The SMILES string of the molecule is N#Cc1ccc(-n2c3ccc(-c4ccccc4)cc3c3cc(-c4ccccc4)ccc32)c(-c2cccc(-n3c4ccc(-c5ccccc5)cc4c4cc(-c5ccccc5)ccc43)c2-c2nc(-c3ccccc3)nc(-c3ccccc3)n2)c1. The van der Waals surface area contributed by atoms with Crippen LogP contribution in [0, 0.1) is 11.3 Å². The number of benzene rings is 12. The Morgan fingerprint density at radius 2 is 0.598 bits per heavy atom. The van der Waals surface area contributed by atoms with Gasteiger partial charge in [0, 0.05) is 38.2 Å². The molecule has 0 radical (unpaired) electrons. The van der Waals surface area contributed by atoms with Crippen molar-refractivity contribution in [3.05, 3.63) is 297 Å². The minimum absolute atomic E-state index is 0.491. The number of hydrogen-bond acceptors (Lipinski definition) is 4. The molecule has 6 heteroatoms. The highest BCUT2D eigenvalue weighted by atomic mass is 15.1. The van der Waals surface area contributed by atoms with Crippen LogP contribution in [0.25, 0.3) is 145 Å². The van der Waals surface area contributed by atoms with E-state index in [1.807, 2.05) is 72.8 Å². The second-order valence-corrected chi connectivity index (χ2v) is 20.6. The van der Waals surface area contributed by atoms with Crippen LogP contribution < -0.4 is 0 Å². The molecule has 0 saturated carbocycles. The monoisotopic (exact) mass is 1040 g/mol. The highest BCUT2D eigenvalue weighted by Crippen LogP contribution is 2.46. The Kier molecular flexibility index (Phi) is 11.8. The van der Waals surface area contributed by atoms with E-state index in [2.05, 4.69) is 234 Å². The van der Waals surface area contributed by atoms with E-state index in [-0.39, 0.29) is 0 Å². The minimum atomic E-state index is 0.491. The Morgan fingerprint density at radius 1 is 0.256 bits per heavy atom. The summed E-state index contributed by atoms with van der Waals surface area (Å²) in [6.45, 7) is 0. The molecule has 0 N–H and O–H groups in total. The number of aromatic nitrogens is 5. The van der Waals surface area contributed by atoms with Crippen molar-refractivity contribution in [3.8, 4) is 107 Å². The first-order valence-electron chi connectivity index (χ1n) is 27.6. The van der Waals surface area contributed by atoms with Crippen molar-refractivity contribution in [2.45, 2.75) is 0 Å². The second-order valence-electron chi connectivity index (χ2n) is 20.6. The summed E-state index contributed by atoms with van der Waals surface area (Å²) in [4.78, 5) is 16.3. The molecule has 0 saturated heterocycles. The first-order chi connectivity index (χ1) is 40.6. The predicted molar refractivity (Wildman–Crippen MR) is 337 cm³/mol. The van der Waals surface area contributed by atoms with Crippen LogP contribution in [0.4, 0.5) is 0 Å². The molecule has 382 valence electrons. The molecule has 0 amide bonds. The van der Waals surface area contributed by atoms with Gasteiger partial charge in [-0.1, -0.05) is 218 Å².